The Morgan fingerprint density at radius 2 is 2.06 bits per heavy atom. The lowest BCUT2D eigenvalue weighted by Gasteiger charge is -2.01. The molecule has 84 valence electrons. The molecule has 0 atom stereocenters. The third kappa shape index (κ3) is 4.13. The van der Waals surface area contributed by atoms with E-state index in [1.807, 2.05) is 43.3 Å². The third-order valence-electron chi connectivity index (χ3n) is 1.98. The van der Waals surface area contributed by atoms with Crippen LogP contribution in [0.1, 0.15) is 18.9 Å². The van der Waals surface area contributed by atoms with Crippen LogP contribution in [0.4, 0.5) is 0 Å². The van der Waals surface area contributed by atoms with Gasteiger partial charge in [-0.2, -0.15) is 0 Å². The molecule has 0 aromatic heterocycles. The zero-order chi connectivity index (χ0) is 11.8. The molecule has 0 spiro atoms. The number of rotatable bonds is 5. The average molecular weight is 216 g/mol. The molecular weight excluding hydrogens is 200 g/mol. The van der Waals surface area contributed by atoms with Gasteiger partial charge >= 0.3 is 5.97 Å². The van der Waals surface area contributed by atoms with Gasteiger partial charge in [-0.15, -0.1) is 0 Å². The Balaban J connectivity index is 2.51. The van der Waals surface area contributed by atoms with Gasteiger partial charge in [0.05, 0.1) is 12.2 Å². The minimum absolute atomic E-state index is 0.353. The first-order chi connectivity index (χ1) is 7.74. The van der Waals surface area contributed by atoms with E-state index in [1.54, 1.807) is 6.08 Å². The number of hydrogen-bond acceptors (Lipinski definition) is 2. The topological polar surface area (TPSA) is 26.3 Å². The highest BCUT2D eigenvalue weighted by Gasteiger charge is 2.03. The number of benzene rings is 1. The van der Waals surface area contributed by atoms with Crippen LogP contribution in [0.2, 0.25) is 0 Å². The summed E-state index contributed by atoms with van der Waals surface area (Å²) in [7, 11) is 0. The summed E-state index contributed by atoms with van der Waals surface area (Å²) in [6.07, 6.45) is 4.34. The van der Waals surface area contributed by atoms with Gasteiger partial charge in [0.1, 0.15) is 0 Å². The molecule has 0 heterocycles. The van der Waals surface area contributed by atoms with E-state index >= 15 is 0 Å². The van der Waals surface area contributed by atoms with Crippen LogP contribution in [-0.4, -0.2) is 12.6 Å². The highest BCUT2D eigenvalue weighted by molar-refractivity contribution is 5.92. The van der Waals surface area contributed by atoms with E-state index in [-0.39, 0.29) is 5.97 Å². The van der Waals surface area contributed by atoms with Crippen molar-refractivity contribution in [2.24, 2.45) is 0 Å². The van der Waals surface area contributed by atoms with Crippen LogP contribution >= 0.6 is 0 Å². The number of esters is 1. The van der Waals surface area contributed by atoms with E-state index in [9.17, 15) is 4.79 Å². The van der Waals surface area contributed by atoms with Gasteiger partial charge in [0.25, 0.3) is 0 Å². The SMILES string of the molecule is C=C(C=Cc1ccccc1)C(=O)OCCC. The minimum atomic E-state index is -0.353. The van der Waals surface area contributed by atoms with E-state index in [2.05, 4.69) is 6.58 Å². The van der Waals surface area contributed by atoms with Gasteiger partial charge in [0.2, 0.25) is 0 Å². The molecule has 0 radical (unpaired) electrons. The van der Waals surface area contributed by atoms with Gasteiger partial charge in [0, 0.05) is 0 Å². The van der Waals surface area contributed by atoms with Gasteiger partial charge in [-0.1, -0.05) is 49.9 Å². The average Bonchev–Trinajstić information content (AvgIpc) is 2.34. The van der Waals surface area contributed by atoms with Crippen molar-refractivity contribution < 1.29 is 9.53 Å². The van der Waals surface area contributed by atoms with Crippen LogP contribution in [0.15, 0.2) is 48.6 Å². The lowest BCUT2D eigenvalue weighted by molar-refractivity contribution is -0.138. The molecule has 1 rings (SSSR count). The molecule has 0 unspecified atom stereocenters. The predicted octanol–water partition coefficient (Wildman–Crippen LogP) is 3.21. The molecule has 0 fully saturated rings. The lowest BCUT2D eigenvalue weighted by atomic mass is 10.2. The molecule has 0 N–H and O–H groups in total. The van der Waals surface area contributed by atoms with Gasteiger partial charge in [-0.3, -0.25) is 0 Å². The molecule has 16 heavy (non-hydrogen) atoms. The fourth-order valence-corrected chi connectivity index (χ4v) is 1.12. The Bertz CT molecular complexity index is 377. The van der Waals surface area contributed by atoms with Gasteiger partial charge < -0.3 is 4.74 Å². The molecule has 0 bridgehead atoms. The number of carbonyl (C=O) groups is 1. The van der Waals surface area contributed by atoms with Gasteiger partial charge in [0.15, 0.2) is 0 Å². The van der Waals surface area contributed by atoms with Crippen LogP contribution in [0.5, 0.6) is 0 Å². The molecule has 0 saturated heterocycles. The second-order valence-corrected chi connectivity index (χ2v) is 3.41. The van der Waals surface area contributed by atoms with Crippen LogP contribution in [0.3, 0.4) is 0 Å². The Hall–Kier alpha value is -1.83. The number of carbonyl (C=O) groups excluding carboxylic acids is 1. The fraction of sp³-hybridized carbons (Fsp3) is 0.214. The van der Waals surface area contributed by atoms with E-state index < -0.39 is 0 Å². The lowest BCUT2D eigenvalue weighted by Crippen LogP contribution is -2.05. The van der Waals surface area contributed by atoms with Crippen LogP contribution in [-0.2, 0) is 9.53 Å². The molecular formula is C14H16O2. The zero-order valence-electron chi connectivity index (χ0n) is 9.48. The zero-order valence-corrected chi connectivity index (χ0v) is 9.48. The highest BCUT2D eigenvalue weighted by Crippen LogP contribution is 2.05. The summed E-state index contributed by atoms with van der Waals surface area (Å²) in [5, 5.41) is 0. The Morgan fingerprint density at radius 3 is 2.69 bits per heavy atom. The summed E-state index contributed by atoms with van der Waals surface area (Å²) < 4.78 is 4.95. The summed E-state index contributed by atoms with van der Waals surface area (Å²) in [5.74, 6) is -0.353. The van der Waals surface area contributed by atoms with Crippen LogP contribution in [0.25, 0.3) is 6.08 Å². The monoisotopic (exact) mass is 216 g/mol. The summed E-state index contributed by atoms with van der Waals surface area (Å²) in [6.45, 7) is 6.06. The first-order valence-electron chi connectivity index (χ1n) is 5.33. The van der Waals surface area contributed by atoms with Crippen molar-refractivity contribution in [3.63, 3.8) is 0 Å². The second kappa shape index (κ2) is 6.62. The fourth-order valence-electron chi connectivity index (χ4n) is 1.12. The standard InChI is InChI=1S/C14H16O2/c1-3-11-16-14(15)12(2)9-10-13-7-5-4-6-8-13/h4-10H,2-3,11H2,1H3. The Labute approximate surface area is 96.2 Å². The van der Waals surface area contributed by atoms with Crippen molar-refractivity contribution in [1.29, 1.82) is 0 Å². The Morgan fingerprint density at radius 1 is 1.38 bits per heavy atom. The maximum Gasteiger partial charge on any atom is 0.337 e. The van der Waals surface area contributed by atoms with E-state index in [0.717, 1.165) is 12.0 Å². The summed E-state index contributed by atoms with van der Waals surface area (Å²) >= 11 is 0. The third-order valence-corrected chi connectivity index (χ3v) is 1.98. The largest absolute Gasteiger partial charge is 0.462 e. The van der Waals surface area contributed by atoms with Gasteiger partial charge in [-0.25, -0.2) is 4.79 Å². The summed E-state index contributed by atoms with van der Waals surface area (Å²) in [4.78, 5) is 11.4. The molecule has 1 aromatic carbocycles. The summed E-state index contributed by atoms with van der Waals surface area (Å²) in [6, 6.07) is 9.75. The minimum Gasteiger partial charge on any atom is -0.462 e. The quantitative estimate of drug-likeness (QED) is 0.429. The van der Waals surface area contributed by atoms with Crippen molar-refractivity contribution in [1.82, 2.24) is 0 Å². The van der Waals surface area contributed by atoms with Crippen molar-refractivity contribution in [2.75, 3.05) is 6.61 Å². The number of hydrogen-bond donors (Lipinski definition) is 0. The van der Waals surface area contributed by atoms with Gasteiger partial charge in [-0.05, 0) is 18.1 Å². The molecule has 2 nitrogen and oxygen atoms in total. The molecule has 2 heteroatoms. The number of ether oxygens (including phenoxy) is 1. The summed E-state index contributed by atoms with van der Waals surface area (Å²) in [5.41, 5.74) is 1.41. The van der Waals surface area contributed by atoms with Crippen LogP contribution in [0, 0.1) is 0 Å². The first-order valence-corrected chi connectivity index (χ1v) is 5.33. The smallest absolute Gasteiger partial charge is 0.337 e. The molecule has 0 aliphatic carbocycles. The van der Waals surface area contributed by atoms with Crippen LogP contribution < -0.4 is 0 Å². The van der Waals surface area contributed by atoms with Crippen molar-refractivity contribution >= 4 is 12.0 Å². The maximum atomic E-state index is 11.4. The molecule has 1 aromatic rings. The first kappa shape index (κ1) is 12.2. The second-order valence-electron chi connectivity index (χ2n) is 3.41. The molecule has 0 amide bonds. The van der Waals surface area contributed by atoms with Crippen molar-refractivity contribution in [2.45, 2.75) is 13.3 Å². The van der Waals surface area contributed by atoms with Crippen molar-refractivity contribution in [3.8, 4) is 0 Å². The predicted molar refractivity (Wildman–Crippen MR) is 65.9 cm³/mol. The maximum absolute atomic E-state index is 11.4. The molecule has 0 aliphatic heterocycles. The Kier molecular flexibility index (Phi) is 5.06. The van der Waals surface area contributed by atoms with E-state index in [1.165, 1.54) is 0 Å². The normalized spacial score (nSPS) is 10.3. The molecule has 0 saturated carbocycles. The van der Waals surface area contributed by atoms with E-state index in [4.69, 9.17) is 4.74 Å². The van der Waals surface area contributed by atoms with Crippen molar-refractivity contribution in [3.05, 3.63) is 54.1 Å². The highest BCUT2D eigenvalue weighted by atomic mass is 16.5. The van der Waals surface area contributed by atoms with E-state index in [0.29, 0.717) is 12.2 Å². The molecule has 0 aliphatic rings.